The maximum atomic E-state index is 11.7. The van der Waals surface area contributed by atoms with E-state index in [-0.39, 0.29) is 23.5 Å². The summed E-state index contributed by atoms with van der Waals surface area (Å²) in [5.74, 6) is -0.629. The van der Waals surface area contributed by atoms with E-state index in [2.05, 4.69) is 0 Å². The van der Waals surface area contributed by atoms with Crippen molar-refractivity contribution in [1.82, 2.24) is 0 Å². The number of aliphatic hydroxyl groups is 2. The summed E-state index contributed by atoms with van der Waals surface area (Å²) < 4.78 is 0. The first-order chi connectivity index (χ1) is 7.20. The van der Waals surface area contributed by atoms with Crippen LogP contribution in [0.15, 0.2) is 0 Å². The molecular weight excluding hydrogens is 204 g/mol. The number of hydrogen-bond donors (Lipinski definition) is 2. The minimum atomic E-state index is -0.771. The maximum Gasteiger partial charge on any atom is 0.140 e. The van der Waals surface area contributed by atoms with Crippen LogP contribution >= 0.6 is 0 Å². The maximum absolute atomic E-state index is 11.7. The van der Waals surface area contributed by atoms with E-state index in [1.165, 1.54) is 0 Å². The highest BCUT2D eigenvalue weighted by Crippen LogP contribution is 2.23. The zero-order chi connectivity index (χ0) is 13.0. The quantitative estimate of drug-likeness (QED) is 0.732. The molecule has 2 N–H and O–H groups in total. The van der Waals surface area contributed by atoms with Gasteiger partial charge in [-0.3, -0.25) is 4.79 Å². The lowest BCUT2D eigenvalue weighted by Gasteiger charge is -2.30. The van der Waals surface area contributed by atoms with E-state index in [1.807, 2.05) is 27.7 Å². The second kappa shape index (κ2) is 6.36. The number of hydrogen-bond acceptors (Lipinski definition) is 3. The van der Waals surface area contributed by atoms with Crippen LogP contribution in [-0.2, 0) is 4.79 Å². The van der Waals surface area contributed by atoms with E-state index in [0.29, 0.717) is 0 Å². The van der Waals surface area contributed by atoms with Crippen molar-refractivity contribution in [3.63, 3.8) is 0 Å². The summed E-state index contributed by atoms with van der Waals surface area (Å²) in [7, 11) is 0. The first-order valence-corrected chi connectivity index (χ1v) is 6.10. The van der Waals surface area contributed by atoms with Gasteiger partial charge in [-0.05, 0) is 5.92 Å². The molecule has 0 radical (unpaired) electrons. The number of Topliss-reactive ketones (excluding diaryl/α,β-unsaturated/α-hetero) is 1. The molecule has 0 heterocycles. The highest BCUT2D eigenvalue weighted by atomic mass is 16.3. The summed E-state index contributed by atoms with van der Waals surface area (Å²) in [6, 6.07) is 0. The topological polar surface area (TPSA) is 57.5 Å². The van der Waals surface area contributed by atoms with Gasteiger partial charge in [0.15, 0.2) is 0 Å². The van der Waals surface area contributed by atoms with Crippen molar-refractivity contribution in [2.24, 2.45) is 23.7 Å². The molecule has 0 amide bonds. The standard InChI is InChI=1S/C13H26O3/c1-7(2)11(14)9(5)13(16)10(6)12(15)8(3)4/h7-11,13-14,16H,1-6H3/t9-,10+,11+,13+/m1/s1. The Balaban J connectivity index is 4.54. The van der Waals surface area contributed by atoms with Crippen LogP contribution in [0.3, 0.4) is 0 Å². The summed E-state index contributed by atoms with van der Waals surface area (Å²) >= 11 is 0. The van der Waals surface area contributed by atoms with Gasteiger partial charge in [-0.2, -0.15) is 0 Å². The van der Waals surface area contributed by atoms with E-state index in [9.17, 15) is 15.0 Å². The largest absolute Gasteiger partial charge is 0.392 e. The zero-order valence-corrected chi connectivity index (χ0v) is 11.3. The molecule has 0 aromatic carbocycles. The molecule has 0 aliphatic rings. The monoisotopic (exact) mass is 230 g/mol. The fraction of sp³-hybridized carbons (Fsp3) is 0.923. The molecule has 0 aromatic heterocycles. The number of aliphatic hydroxyl groups excluding tert-OH is 2. The van der Waals surface area contributed by atoms with Crippen molar-refractivity contribution < 1.29 is 15.0 Å². The van der Waals surface area contributed by atoms with Crippen molar-refractivity contribution in [1.29, 1.82) is 0 Å². The Morgan fingerprint density at radius 2 is 1.31 bits per heavy atom. The van der Waals surface area contributed by atoms with E-state index >= 15 is 0 Å². The van der Waals surface area contributed by atoms with Crippen LogP contribution in [-0.4, -0.2) is 28.2 Å². The molecule has 0 aromatic rings. The number of ketones is 1. The Morgan fingerprint density at radius 1 is 0.875 bits per heavy atom. The average molecular weight is 230 g/mol. The molecule has 0 saturated heterocycles. The summed E-state index contributed by atoms with van der Waals surface area (Å²) in [6.45, 7) is 11.0. The fourth-order valence-corrected chi connectivity index (χ4v) is 1.96. The highest BCUT2D eigenvalue weighted by molar-refractivity contribution is 5.83. The Kier molecular flexibility index (Phi) is 6.19. The minimum absolute atomic E-state index is 0.0512. The molecule has 3 nitrogen and oxygen atoms in total. The predicted octanol–water partition coefficient (Wildman–Crippen LogP) is 1.86. The third-order valence-electron chi connectivity index (χ3n) is 3.29. The number of carbonyl (C=O) groups is 1. The Bertz CT molecular complexity index is 223. The predicted molar refractivity (Wildman–Crippen MR) is 65.0 cm³/mol. The molecular formula is C13H26O3. The van der Waals surface area contributed by atoms with E-state index in [0.717, 1.165) is 0 Å². The molecule has 0 unspecified atom stereocenters. The van der Waals surface area contributed by atoms with Gasteiger partial charge in [0.1, 0.15) is 5.78 Å². The third-order valence-corrected chi connectivity index (χ3v) is 3.29. The van der Waals surface area contributed by atoms with Crippen LogP contribution in [0.4, 0.5) is 0 Å². The van der Waals surface area contributed by atoms with Gasteiger partial charge in [0.25, 0.3) is 0 Å². The zero-order valence-electron chi connectivity index (χ0n) is 11.3. The van der Waals surface area contributed by atoms with Gasteiger partial charge < -0.3 is 10.2 Å². The summed E-state index contributed by atoms with van der Waals surface area (Å²) in [4.78, 5) is 11.7. The lowest BCUT2D eigenvalue weighted by molar-refractivity contribution is -0.131. The smallest absolute Gasteiger partial charge is 0.140 e. The molecule has 0 rings (SSSR count). The number of carbonyl (C=O) groups excluding carboxylic acids is 1. The molecule has 16 heavy (non-hydrogen) atoms. The molecule has 0 fully saturated rings. The van der Waals surface area contributed by atoms with E-state index in [4.69, 9.17) is 0 Å². The van der Waals surface area contributed by atoms with Gasteiger partial charge in [0.05, 0.1) is 12.2 Å². The molecule has 4 atom stereocenters. The lowest BCUT2D eigenvalue weighted by Crippen LogP contribution is -2.40. The second-order valence-electron chi connectivity index (χ2n) is 5.43. The van der Waals surface area contributed by atoms with Crippen LogP contribution in [0.5, 0.6) is 0 Å². The molecule has 0 saturated carbocycles. The lowest BCUT2D eigenvalue weighted by atomic mass is 9.81. The van der Waals surface area contributed by atoms with Crippen LogP contribution in [0.25, 0.3) is 0 Å². The van der Waals surface area contributed by atoms with Crippen molar-refractivity contribution in [2.45, 2.75) is 53.8 Å². The van der Waals surface area contributed by atoms with Gasteiger partial charge in [-0.25, -0.2) is 0 Å². The Labute approximate surface area is 98.9 Å². The van der Waals surface area contributed by atoms with Gasteiger partial charge in [-0.15, -0.1) is 0 Å². The molecule has 0 aliphatic heterocycles. The summed E-state index contributed by atoms with van der Waals surface area (Å²) in [6.07, 6.45) is -1.34. The normalized spacial score (nSPS) is 19.6. The fourth-order valence-electron chi connectivity index (χ4n) is 1.96. The minimum Gasteiger partial charge on any atom is -0.392 e. The molecule has 0 spiro atoms. The third kappa shape index (κ3) is 3.87. The Hall–Kier alpha value is -0.410. The van der Waals surface area contributed by atoms with Crippen LogP contribution < -0.4 is 0 Å². The van der Waals surface area contributed by atoms with Crippen molar-refractivity contribution >= 4 is 5.78 Å². The van der Waals surface area contributed by atoms with E-state index < -0.39 is 18.1 Å². The molecule has 3 heteroatoms. The van der Waals surface area contributed by atoms with Crippen molar-refractivity contribution in [3.8, 4) is 0 Å². The van der Waals surface area contributed by atoms with Gasteiger partial charge in [0, 0.05) is 17.8 Å². The van der Waals surface area contributed by atoms with Crippen molar-refractivity contribution in [3.05, 3.63) is 0 Å². The second-order valence-corrected chi connectivity index (χ2v) is 5.43. The van der Waals surface area contributed by atoms with E-state index in [1.54, 1.807) is 13.8 Å². The van der Waals surface area contributed by atoms with Crippen LogP contribution in [0.1, 0.15) is 41.5 Å². The molecule has 96 valence electrons. The highest BCUT2D eigenvalue weighted by Gasteiger charge is 2.32. The summed E-state index contributed by atoms with van der Waals surface area (Å²) in [5.41, 5.74) is 0. The molecule has 0 aliphatic carbocycles. The van der Waals surface area contributed by atoms with Crippen LogP contribution in [0, 0.1) is 23.7 Å². The van der Waals surface area contributed by atoms with Crippen molar-refractivity contribution in [2.75, 3.05) is 0 Å². The van der Waals surface area contributed by atoms with Gasteiger partial charge in [-0.1, -0.05) is 41.5 Å². The first kappa shape index (κ1) is 15.6. The number of rotatable bonds is 6. The SMILES string of the molecule is CC(C)C(=O)[C@H](C)[C@@H](O)[C@H](C)[C@@H](O)C(C)C. The average Bonchev–Trinajstić information content (AvgIpc) is 2.23. The molecule has 0 bridgehead atoms. The van der Waals surface area contributed by atoms with Crippen LogP contribution in [0.2, 0.25) is 0 Å². The Morgan fingerprint density at radius 3 is 1.62 bits per heavy atom. The van der Waals surface area contributed by atoms with Gasteiger partial charge >= 0.3 is 0 Å². The first-order valence-electron chi connectivity index (χ1n) is 6.10. The summed E-state index contributed by atoms with van der Waals surface area (Å²) in [5, 5.41) is 19.9. The van der Waals surface area contributed by atoms with Gasteiger partial charge in [0.2, 0.25) is 0 Å².